The Hall–Kier alpha value is -1.88. The molecule has 1 atom stereocenters. The lowest BCUT2D eigenvalue weighted by molar-refractivity contribution is 0.414. The topological polar surface area (TPSA) is 52.0 Å². The first-order valence-corrected chi connectivity index (χ1v) is 7.56. The molecule has 1 aliphatic rings. The molecular formula is C16H22N4O. The minimum absolute atomic E-state index is 0.271. The zero-order valence-corrected chi connectivity index (χ0v) is 12.7. The normalized spacial score (nSPS) is 15.5. The molecule has 1 N–H and O–H groups in total. The van der Waals surface area contributed by atoms with Gasteiger partial charge in [0.05, 0.1) is 13.7 Å². The molecule has 21 heavy (non-hydrogen) atoms. The highest BCUT2D eigenvalue weighted by Crippen LogP contribution is 2.18. The number of aryl methyl sites for hydroxylation is 1. The Morgan fingerprint density at radius 3 is 2.81 bits per heavy atom. The number of fused-ring (bicyclic) bond motifs is 1. The van der Waals surface area contributed by atoms with E-state index in [9.17, 15) is 0 Å². The Labute approximate surface area is 125 Å². The van der Waals surface area contributed by atoms with E-state index in [-0.39, 0.29) is 6.04 Å². The van der Waals surface area contributed by atoms with E-state index in [2.05, 4.69) is 39.1 Å². The van der Waals surface area contributed by atoms with Gasteiger partial charge in [0.25, 0.3) is 0 Å². The predicted octanol–water partition coefficient (Wildman–Crippen LogP) is 2.47. The van der Waals surface area contributed by atoms with E-state index < -0.39 is 0 Å². The van der Waals surface area contributed by atoms with Crippen molar-refractivity contribution < 1.29 is 4.74 Å². The van der Waals surface area contributed by atoms with Crippen LogP contribution < -0.4 is 10.1 Å². The van der Waals surface area contributed by atoms with E-state index in [1.807, 2.05) is 12.1 Å². The zero-order chi connectivity index (χ0) is 14.7. The highest BCUT2D eigenvalue weighted by molar-refractivity contribution is 5.28. The molecule has 2 aromatic rings. The molecule has 1 aliphatic heterocycles. The molecule has 1 aromatic heterocycles. The Bertz CT molecular complexity index is 591. The molecule has 1 aromatic carbocycles. The van der Waals surface area contributed by atoms with Gasteiger partial charge in [-0.1, -0.05) is 12.1 Å². The highest BCUT2D eigenvalue weighted by atomic mass is 16.5. The number of hydrogen-bond donors (Lipinski definition) is 1. The molecule has 0 unspecified atom stereocenters. The summed E-state index contributed by atoms with van der Waals surface area (Å²) in [7, 11) is 1.69. The number of ether oxygens (including phenoxy) is 1. The molecule has 0 spiro atoms. The van der Waals surface area contributed by atoms with Crippen LogP contribution >= 0.6 is 0 Å². The zero-order valence-electron chi connectivity index (χ0n) is 12.7. The van der Waals surface area contributed by atoms with Crippen LogP contribution in [0.15, 0.2) is 24.3 Å². The van der Waals surface area contributed by atoms with Crippen LogP contribution in [0.4, 0.5) is 0 Å². The fourth-order valence-electron chi connectivity index (χ4n) is 2.75. The first kappa shape index (κ1) is 14.1. The second-order valence-corrected chi connectivity index (χ2v) is 5.52. The maximum atomic E-state index is 5.19. The molecule has 0 saturated carbocycles. The molecule has 3 rings (SSSR count). The largest absolute Gasteiger partial charge is 0.497 e. The van der Waals surface area contributed by atoms with Gasteiger partial charge in [-0.15, -0.1) is 10.2 Å². The summed E-state index contributed by atoms with van der Waals surface area (Å²) in [4.78, 5) is 0. The summed E-state index contributed by atoms with van der Waals surface area (Å²) in [5.41, 5.74) is 1.24. The second kappa shape index (κ2) is 6.26. The van der Waals surface area contributed by atoms with Crippen LogP contribution in [-0.2, 0) is 19.5 Å². The van der Waals surface area contributed by atoms with E-state index in [1.165, 1.54) is 18.4 Å². The highest BCUT2D eigenvalue weighted by Gasteiger charge is 2.16. The quantitative estimate of drug-likeness (QED) is 0.917. The van der Waals surface area contributed by atoms with Gasteiger partial charge in [0.15, 0.2) is 0 Å². The van der Waals surface area contributed by atoms with Gasteiger partial charge < -0.3 is 14.6 Å². The van der Waals surface area contributed by atoms with Crippen LogP contribution in [0.3, 0.4) is 0 Å². The van der Waals surface area contributed by atoms with E-state index in [1.54, 1.807) is 7.11 Å². The molecule has 0 aliphatic carbocycles. The average Bonchev–Trinajstić information content (AvgIpc) is 2.96. The van der Waals surface area contributed by atoms with E-state index in [0.717, 1.165) is 36.9 Å². The van der Waals surface area contributed by atoms with Crippen molar-refractivity contribution in [2.24, 2.45) is 0 Å². The molecule has 0 saturated heterocycles. The molecular weight excluding hydrogens is 264 g/mol. The average molecular weight is 286 g/mol. The number of rotatable bonds is 5. The van der Waals surface area contributed by atoms with Gasteiger partial charge in [-0.3, -0.25) is 0 Å². The number of methoxy groups -OCH3 is 1. The third-order valence-electron chi connectivity index (χ3n) is 4.12. The summed E-state index contributed by atoms with van der Waals surface area (Å²) in [6.07, 6.45) is 3.51. The SMILES string of the molecule is COc1ccc([C@@H](C)NCc2nnc3n2CCCC3)cc1. The summed E-state index contributed by atoms with van der Waals surface area (Å²) in [6.45, 7) is 3.96. The lowest BCUT2D eigenvalue weighted by Gasteiger charge is -2.17. The first-order chi connectivity index (χ1) is 10.3. The summed E-state index contributed by atoms with van der Waals surface area (Å²) in [6, 6.07) is 8.44. The van der Waals surface area contributed by atoms with Gasteiger partial charge >= 0.3 is 0 Å². The van der Waals surface area contributed by atoms with Gasteiger partial charge in [0.1, 0.15) is 17.4 Å². The fraction of sp³-hybridized carbons (Fsp3) is 0.500. The van der Waals surface area contributed by atoms with Gasteiger partial charge in [-0.2, -0.15) is 0 Å². The monoisotopic (exact) mass is 286 g/mol. The van der Waals surface area contributed by atoms with Gasteiger partial charge in [0, 0.05) is 19.0 Å². The fourth-order valence-corrected chi connectivity index (χ4v) is 2.75. The molecule has 5 nitrogen and oxygen atoms in total. The maximum absolute atomic E-state index is 5.19. The third-order valence-corrected chi connectivity index (χ3v) is 4.12. The minimum Gasteiger partial charge on any atom is -0.497 e. The van der Waals surface area contributed by atoms with Gasteiger partial charge in [-0.25, -0.2) is 0 Å². The van der Waals surface area contributed by atoms with Crippen molar-refractivity contribution in [2.75, 3.05) is 7.11 Å². The molecule has 2 heterocycles. The minimum atomic E-state index is 0.271. The Balaban J connectivity index is 1.62. The van der Waals surface area contributed by atoms with Crippen molar-refractivity contribution >= 4 is 0 Å². The first-order valence-electron chi connectivity index (χ1n) is 7.56. The molecule has 0 radical (unpaired) electrons. The Morgan fingerprint density at radius 2 is 2.05 bits per heavy atom. The Kier molecular flexibility index (Phi) is 4.20. The van der Waals surface area contributed by atoms with Gasteiger partial charge in [0.2, 0.25) is 0 Å². The summed E-state index contributed by atoms with van der Waals surface area (Å²) in [5.74, 6) is 3.07. The Morgan fingerprint density at radius 1 is 1.24 bits per heavy atom. The molecule has 0 amide bonds. The van der Waals surface area contributed by atoms with Crippen molar-refractivity contribution in [3.8, 4) is 5.75 Å². The van der Waals surface area contributed by atoms with Crippen molar-refractivity contribution in [1.29, 1.82) is 0 Å². The lowest BCUT2D eigenvalue weighted by atomic mass is 10.1. The van der Waals surface area contributed by atoms with Crippen molar-refractivity contribution in [3.05, 3.63) is 41.5 Å². The molecule has 0 bridgehead atoms. The smallest absolute Gasteiger partial charge is 0.147 e. The summed E-state index contributed by atoms with van der Waals surface area (Å²) in [5, 5.41) is 12.1. The number of hydrogen-bond acceptors (Lipinski definition) is 4. The number of nitrogens with one attached hydrogen (secondary N) is 1. The lowest BCUT2D eigenvalue weighted by Crippen LogP contribution is -2.22. The second-order valence-electron chi connectivity index (χ2n) is 5.52. The van der Waals surface area contributed by atoms with Crippen LogP contribution in [-0.4, -0.2) is 21.9 Å². The maximum Gasteiger partial charge on any atom is 0.147 e. The van der Waals surface area contributed by atoms with E-state index in [4.69, 9.17) is 4.74 Å². The van der Waals surface area contributed by atoms with Crippen LogP contribution in [0, 0.1) is 0 Å². The van der Waals surface area contributed by atoms with Crippen LogP contribution in [0.1, 0.15) is 43.0 Å². The third kappa shape index (κ3) is 3.08. The number of benzene rings is 1. The van der Waals surface area contributed by atoms with E-state index in [0.29, 0.717) is 0 Å². The predicted molar refractivity (Wildman–Crippen MR) is 81.2 cm³/mol. The standard InChI is InChI=1S/C16H22N4O/c1-12(13-6-8-14(21-2)9-7-13)17-11-16-19-18-15-5-3-4-10-20(15)16/h6-9,12,17H,3-5,10-11H2,1-2H3/t12-/m1/s1. The number of nitrogens with zero attached hydrogens (tertiary/aromatic N) is 3. The summed E-state index contributed by atoms with van der Waals surface area (Å²) < 4.78 is 7.45. The van der Waals surface area contributed by atoms with Crippen molar-refractivity contribution in [2.45, 2.75) is 45.3 Å². The van der Waals surface area contributed by atoms with Gasteiger partial charge in [-0.05, 0) is 37.5 Å². The summed E-state index contributed by atoms with van der Waals surface area (Å²) >= 11 is 0. The molecule has 5 heteroatoms. The van der Waals surface area contributed by atoms with Crippen LogP contribution in [0.2, 0.25) is 0 Å². The molecule has 112 valence electrons. The molecule has 0 fully saturated rings. The van der Waals surface area contributed by atoms with Crippen LogP contribution in [0.5, 0.6) is 5.75 Å². The number of aromatic nitrogens is 3. The van der Waals surface area contributed by atoms with Crippen molar-refractivity contribution in [1.82, 2.24) is 20.1 Å². The van der Waals surface area contributed by atoms with Crippen LogP contribution in [0.25, 0.3) is 0 Å². The van der Waals surface area contributed by atoms with E-state index >= 15 is 0 Å². The van der Waals surface area contributed by atoms with Crippen molar-refractivity contribution in [3.63, 3.8) is 0 Å².